The lowest BCUT2D eigenvalue weighted by Crippen LogP contribution is -2.35. The van der Waals surface area contributed by atoms with Gasteiger partial charge in [-0.15, -0.1) is 10.2 Å². The van der Waals surface area contributed by atoms with Crippen LogP contribution in [0.3, 0.4) is 0 Å². The van der Waals surface area contributed by atoms with E-state index in [0.717, 1.165) is 19.3 Å². The zero-order valence-electron chi connectivity index (χ0n) is 15.5. The third-order valence-electron chi connectivity index (χ3n) is 4.58. The average Bonchev–Trinajstić information content (AvgIpc) is 3.22. The van der Waals surface area contributed by atoms with Crippen molar-refractivity contribution < 1.29 is 12.8 Å². The molecule has 0 bridgehead atoms. The fourth-order valence-electron chi connectivity index (χ4n) is 3.05. The Hall–Kier alpha value is -1.94. The zero-order chi connectivity index (χ0) is 20.3. The van der Waals surface area contributed by atoms with Crippen LogP contribution in [0.25, 0.3) is 11.5 Å². The fourth-order valence-corrected chi connectivity index (χ4v) is 5.41. The molecule has 0 saturated carbocycles. The topological polar surface area (TPSA) is 89.2 Å². The summed E-state index contributed by atoms with van der Waals surface area (Å²) in [6, 6.07) is 10.6. The third-order valence-corrected chi connectivity index (χ3v) is 7.72. The smallest absolute Gasteiger partial charge is 0.249 e. The Bertz CT molecular complexity index is 1080. The van der Waals surface area contributed by atoms with E-state index in [1.165, 1.54) is 22.3 Å². The molecule has 0 spiro atoms. The highest BCUT2D eigenvalue weighted by molar-refractivity contribution is 7.98. The number of halogens is 1. The van der Waals surface area contributed by atoms with Crippen LogP contribution in [0.1, 0.15) is 25.2 Å². The van der Waals surface area contributed by atoms with Gasteiger partial charge in [0, 0.05) is 19.3 Å². The molecule has 0 amide bonds. The summed E-state index contributed by atoms with van der Waals surface area (Å²) in [5.74, 6) is 1.22. The highest BCUT2D eigenvalue weighted by Crippen LogP contribution is 2.28. The van der Waals surface area contributed by atoms with Gasteiger partial charge in [0.2, 0.25) is 21.8 Å². The molecule has 7 nitrogen and oxygen atoms in total. The van der Waals surface area contributed by atoms with Gasteiger partial charge in [-0.25, -0.2) is 13.4 Å². The van der Waals surface area contributed by atoms with Gasteiger partial charge in [0.05, 0.1) is 21.4 Å². The number of sulfonamides is 1. The van der Waals surface area contributed by atoms with Crippen molar-refractivity contribution in [3.8, 4) is 11.5 Å². The van der Waals surface area contributed by atoms with Crippen molar-refractivity contribution >= 4 is 33.4 Å². The Morgan fingerprint density at radius 2 is 1.86 bits per heavy atom. The van der Waals surface area contributed by atoms with Gasteiger partial charge in [0.15, 0.2) is 0 Å². The normalized spacial score (nSPS) is 15.5. The molecule has 10 heteroatoms. The molecule has 0 radical (unpaired) electrons. The van der Waals surface area contributed by atoms with E-state index in [0.29, 0.717) is 46.2 Å². The van der Waals surface area contributed by atoms with Crippen molar-refractivity contribution in [1.29, 1.82) is 0 Å². The summed E-state index contributed by atoms with van der Waals surface area (Å²) >= 11 is 7.55. The Kier molecular flexibility index (Phi) is 6.19. The number of thioether (sulfide) groups is 1. The second-order valence-corrected chi connectivity index (χ2v) is 9.91. The summed E-state index contributed by atoms with van der Waals surface area (Å²) in [6.07, 6.45) is 4.30. The number of aromatic nitrogens is 3. The lowest BCUT2D eigenvalue weighted by Gasteiger charge is -2.25. The van der Waals surface area contributed by atoms with Gasteiger partial charge in [-0.3, -0.25) is 0 Å². The molecular formula is C19H19ClN4O3S2. The van der Waals surface area contributed by atoms with Crippen LogP contribution in [0.4, 0.5) is 0 Å². The van der Waals surface area contributed by atoms with Crippen molar-refractivity contribution in [1.82, 2.24) is 19.5 Å². The first-order chi connectivity index (χ1) is 14.0. The molecule has 1 aromatic carbocycles. The largest absolute Gasteiger partial charge is 0.420 e. The van der Waals surface area contributed by atoms with E-state index in [9.17, 15) is 8.42 Å². The second-order valence-electron chi connectivity index (χ2n) is 6.57. The maximum atomic E-state index is 12.7. The molecule has 1 saturated heterocycles. The minimum Gasteiger partial charge on any atom is -0.420 e. The van der Waals surface area contributed by atoms with E-state index < -0.39 is 10.0 Å². The van der Waals surface area contributed by atoms with E-state index in [1.807, 2.05) is 18.2 Å². The SMILES string of the molecule is O=S(=O)(c1ccc(SCc2nnc(-c3ccccc3Cl)o2)nc1)N1CCCCC1. The van der Waals surface area contributed by atoms with Crippen LogP contribution in [0.15, 0.2) is 56.9 Å². The summed E-state index contributed by atoms with van der Waals surface area (Å²) in [7, 11) is -3.47. The fraction of sp³-hybridized carbons (Fsp3) is 0.316. The summed E-state index contributed by atoms with van der Waals surface area (Å²) in [4.78, 5) is 4.50. The summed E-state index contributed by atoms with van der Waals surface area (Å²) in [5, 5.41) is 9.30. The Labute approximate surface area is 178 Å². The first-order valence-corrected chi connectivity index (χ1v) is 12.0. The van der Waals surface area contributed by atoms with Gasteiger partial charge in [-0.2, -0.15) is 4.31 Å². The van der Waals surface area contributed by atoms with Crippen molar-refractivity contribution in [2.45, 2.75) is 34.9 Å². The number of pyridine rings is 1. The molecule has 0 atom stereocenters. The van der Waals surface area contributed by atoms with Gasteiger partial charge in [0.25, 0.3) is 0 Å². The minimum atomic E-state index is -3.47. The molecule has 2 aromatic heterocycles. The van der Waals surface area contributed by atoms with E-state index >= 15 is 0 Å². The highest BCUT2D eigenvalue weighted by Gasteiger charge is 2.26. The van der Waals surface area contributed by atoms with Crippen LogP contribution >= 0.6 is 23.4 Å². The molecule has 0 aliphatic carbocycles. The van der Waals surface area contributed by atoms with E-state index in [-0.39, 0.29) is 4.90 Å². The van der Waals surface area contributed by atoms with Gasteiger partial charge in [-0.05, 0) is 37.1 Å². The van der Waals surface area contributed by atoms with E-state index in [2.05, 4.69) is 15.2 Å². The maximum Gasteiger partial charge on any atom is 0.249 e. The molecule has 29 heavy (non-hydrogen) atoms. The first-order valence-electron chi connectivity index (χ1n) is 9.20. The zero-order valence-corrected chi connectivity index (χ0v) is 17.9. The third kappa shape index (κ3) is 4.63. The van der Waals surface area contributed by atoms with Crippen molar-refractivity contribution in [3.05, 3.63) is 53.5 Å². The predicted octanol–water partition coefficient (Wildman–Crippen LogP) is 4.25. The molecular weight excluding hydrogens is 432 g/mol. The number of hydrogen-bond donors (Lipinski definition) is 0. The second kappa shape index (κ2) is 8.83. The number of piperidine rings is 1. The molecule has 1 aliphatic heterocycles. The van der Waals surface area contributed by atoms with Gasteiger partial charge < -0.3 is 4.42 Å². The average molecular weight is 451 g/mol. The summed E-state index contributed by atoms with van der Waals surface area (Å²) < 4.78 is 32.6. The Morgan fingerprint density at radius 3 is 2.59 bits per heavy atom. The van der Waals surface area contributed by atoms with Crippen LogP contribution in [0, 0.1) is 0 Å². The number of hydrogen-bond acceptors (Lipinski definition) is 7. The lowest BCUT2D eigenvalue weighted by atomic mass is 10.2. The van der Waals surface area contributed by atoms with Crippen LogP contribution in [0.2, 0.25) is 5.02 Å². The minimum absolute atomic E-state index is 0.225. The number of rotatable bonds is 6. The molecule has 0 N–H and O–H groups in total. The van der Waals surface area contributed by atoms with Crippen LogP contribution in [0.5, 0.6) is 0 Å². The Balaban J connectivity index is 1.40. The lowest BCUT2D eigenvalue weighted by molar-refractivity contribution is 0.346. The van der Waals surface area contributed by atoms with Crippen molar-refractivity contribution in [2.75, 3.05) is 13.1 Å². The molecule has 1 aliphatic rings. The quantitative estimate of drug-likeness (QED) is 0.518. The first kappa shape index (κ1) is 20.3. The Morgan fingerprint density at radius 1 is 1.07 bits per heavy atom. The van der Waals surface area contributed by atoms with Gasteiger partial charge in [0.1, 0.15) is 4.90 Å². The molecule has 4 rings (SSSR count). The van der Waals surface area contributed by atoms with Crippen LogP contribution in [-0.4, -0.2) is 41.0 Å². The summed E-state index contributed by atoms with van der Waals surface area (Å²) in [5.41, 5.74) is 0.684. The number of nitrogens with zero attached hydrogens (tertiary/aromatic N) is 4. The van der Waals surface area contributed by atoms with Crippen molar-refractivity contribution in [2.24, 2.45) is 0 Å². The van der Waals surface area contributed by atoms with E-state index in [1.54, 1.807) is 18.2 Å². The molecule has 3 aromatic rings. The van der Waals surface area contributed by atoms with Crippen molar-refractivity contribution in [3.63, 3.8) is 0 Å². The van der Waals surface area contributed by atoms with Gasteiger partial charge in [-0.1, -0.05) is 41.9 Å². The molecule has 0 unspecified atom stereocenters. The standard InChI is InChI=1S/C19H19ClN4O3S2/c20-16-7-3-2-6-15(16)19-23-22-17(27-19)13-28-18-9-8-14(12-21-18)29(25,26)24-10-4-1-5-11-24/h2-3,6-9,12H,1,4-5,10-11,13H2. The summed E-state index contributed by atoms with van der Waals surface area (Å²) in [6.45, 7) is 1.15. The molecule has 152 valence electrons. The van der Waals surface area contributed by atoms with Crippen LogP contribution < -0.4 is 0 Å². The highest BCUT2D eigenvalue weighted by atomic mass is 35.5. The predicted molar refractivity (Wildman–Crippen MR) is 111 cm³/mol. The van der Waals surface area contributed by atoms with Crippen LogP contribution in [-0.2, 0) is 15.8 Å². The van der Waals surface area contributed by atoms with E-state index in [4.69, 9.17) is 16.0 Å². The molecule has 3 heterocycles. The molecule has 1 fully saturated rings. The van der Waals surface area contributed by atoms with Gasteiger partial charge >= 0.3 is 0 Å². The maximum absolute atomic E-state index is 12.7. The number of benzene rings is 1. The monoisotopic (exact) mass is 450 g/mol.